The number of hydrogen-bond donors (Lipinski definition) is 1. The summed E-state index contributed by atoms with van der Waals surface area (Å²) in [6, 6.07) is 12.6. The Morgan fingerprint density at radius 1 is 1.11 bits per heavy atom. The van der Waals surface area contributed by atoms with Crippen LogP contribution in [0.25, 0.3) is 11.8 Å². The molecule has 2 unspecified atom stereocenters. The number of likely N-dealkylation sites (tertiary alicyclic amines) is 1. The lowest BCUT2D eigenvalue weighted by Crippen LogP contribution is -2.47. The Kier molecular flexibility index (Phi) is 7.06. The monoisotopic (exact) mass is 517 g/mol. The minimum atomic E-state index is -0.545. The van der Waals surface area contributed by atoms with Crippen LogP contribution in [0.15, 0.2) is 49.2 Å². The summed E-state index contributed by atoms with van der Waals surface area (Å²) in [5, 5.41) is 10.3. The summed E-state index contributed by atoms with van der Waals surface area (Å²) in [6.45, 7) is 10.7. The molecule has 4 aliphatic rings. The third kappa shape index (κ3) is 5.27. The molecule has 4 heterocycles. The fourth-order valence-electron chi connectivity index (χ4n) is 6.52. The van der Waals surface area contributed by atoms with Crippen LogP contribution in [0, 0.1) is 5.82 Å². The maximum absolute atomic E-state index is 15.4. The Hall–Kier alpha value is -2.67. The minimum Gasteiger partial charge on any atom is -0.390 e. The number of aryl methyl sites for hydroxylation is 1. The smallest absolute Gasteiger partial charge is 0.148 e. The maximum Gasteiger partial charge on any atom is 0.148 e. The SMILES string of the molecule is C=C1c2ccc(CCC3CCCO3)cc2C=CN1c1ccc(N2CCC(N3CCC(C)(O)CC3)C2)c(F)c1. The Morgan fingerprint density at radius 2 is 1.95 bits per heavy atom. The number of ether oxygens (including phenoxy) is 1. The van der Waals surface area contributed by atoms with Crippen LogP contribution in [0.4, 0.5) is 15.8 Å². The van der Waals surface area contributed by atoms with Crippen LogP contribution in [0.2, 0.25) is 0 Å². The van der Waals surface area contributed by atoms with Crippen LogP contribution < -0.4 is 9.80 Å². The van der Waals surface area contributed by atoms with E-state index in [0.717, 1.165) is 87.4 Å². The lowest BCUT2D eigenvalue weighted by atomic mass is 9.93. The molecule has 0 aliphatic carbocycles. The van der Waals surface area contributed by atoms with E-state index >= 15 is 4.39 Å². The van der Waals surface area contributed by atoms with E-state index in [0.29, 0.717) is 17.8 Å². The topological polar surface area (TPSA) is 39.2 Å². The van der Waals surface area contributed by atoms with Crippen molar-refractivity contribution >= 4 is 23.1 Å². The van der Waals surface area contributed by atoms with Crippen molar-refractivity contribution in [3.8, 4) is 0 Å². The van der Waals surface area contributed by atoms with Crippen LogP contribution in [-0.2, 0) is 11.2 Å². The molecule has 3 saturated heterocycles. The molecule has 0 aromatic heterocycles. The lowest BCUT2D eigenvalue weighted by molar-refractivity contribution is -0.0142. The van der Waals surface area contributed by atoms with Crippen LogP contribution >= 0.6 is 0 Å². The summed E-state index contributed by atoms with van der Waals surface area (Å²) in [5.41, 5.74) is 5.34. The molecule has 0 radical (unpaired) electrons. The highest BCUT2D eigenvalue weighted by atomic mass is 19.1. The Balaban J connectivity index is 1.11. The van der Waals surface area contributed by atoms with Gasteiger partial charge in [-0.2, -0.15) is 0 Å². The average molecular weight is 518 g/mol. The van der Waals surface area contributed by atoms with Gasteiger partial charge >= 0.3 is 0 Å². The molecule has 0 bridgehead atoms. The summed E-state index contributed by atoms with van der Waals surface area (Å²) in [4.78, 5) is 6.62. The second-order valence-electron chi connectivity index (χ2n) is 11.8. The van der Waals surface area contributed by atoms with E-state index in [1.165, 1.54) is 18.4 Å². The molecule has 3 fully saturated rings. The van der Waals surface area contributed by atoms with Crippen LogP contribution in [0.1, 0.15) is 62.1 Å². The fourth-order valence-corrected chi connectivity index (χ4v) is 6.52. The van der Waals surface area contributed by atoms with Crippen molar-refractivity contribution in [2.24, 2.45) is 0 Å². The molecule has 2 aromatic rings. The molecular formula is C32H40FN3O2. The summed E-state index contributed by atoms with van der Waals surface area (Å²) in [5.74, 6) is -0.193. The van der Waals surface area contributed by atoms with Gasteiger partial charge in [-0.15, -0.1) is 0 Å². The van der Waals surface area contributed by atoms with E-state index in [-0.39, 0.29) is 5.82 Å². The molecule has 2 aromatic carbocycles. The fraction of sp³-hybridized carbons (Fsp3) is 0.500. The van der Waals surface area contributed by atoms with Crippen LogP contribution in [0.3, 0.4) is 0 Å². The van der Waals surface area contributed by atoms with E-state index in [9.17, 15) is 5.11 Å². The van der Waals surface area contributed by atoms with Gasteiger partial charge in [-0.1, -0.05) is 24.8 Å². The Labute approximate surface area is 226 Å². The zero-order valence-corrected chi connectivity index (χ0v) is 22.5. The number of hydrogen-bond acceptors (Lipinski definition) is 5. The highest BCUT2D eigenvalue weighted by Gasteiger charge is 2.34. The van der Waals surface area contributed by atoms with E-state index in [2.05, 4.69) is 40.7 Å². The number of aliphatic hydroxyl groups is 1. The summed E-state index contributed by atoms with van der Waals surface area (Å²) in [6.07, 6.45) is 11.6. The Morgan fingerprint density at radius 3 is 2.71 bits per heavy atom. The number of piperidine rings is 1. The van der Waals surface area contributed by atoms with Crippen molar-refractivity contribution in [3.63, 3.8) is 0 Å². The number of fused-ring (bicyclic) bond motifs is 1. The summed E-state index contributed by atoms with van der Waals surface area (Å²) >= 11 is 0. The van der Waals surface area contributed by atoms with E-state index < -0.39 is 5.60 Å². The lowest BCUT2D eigenvalue weighted by Gasteiger charge is -2.39. The average Bonchev–Trinajstić information content (AvgIpc) is 3.60. The van der Waals surface area contributed by atoms with Gasteiger partial charge in [0.2, 0.25) is 0 Å². The predicted octanol–water partition coefficient (Wildman–Crippen LogP) is 5.82. The first-order valence-electron chi connectivity index (χ1n) is 14.3. The molecule has 202 valence electrons. The molecule has 6 rings (SSSR count). The van der Waals surface area contributed by atoms with Gasteiger partial charge < -0.3 is 19.6 Å². The zero-order chi connectivity index (χ0) is 26.3. The highest BCUT2D eigenvalue weighted by Crippen LogP contribution is 2.36. The molecule has 38 heavy (non-hydrogen) atoms. The molecular weight excluding hydrogens is 477 g/mol. The van der Waals surface area contributed by atoms with Crippen LogP contribution in [-0.4, -0.2) is 60.5 Å². The predicted molar refractivity (Wildman–Crippen MR) is 153 cm³/mol. The standard InChI is InChI=1S/C32H40FN3O2/c1-23-29-9-6-24(5-8-28-4-3-19-38-28)20-25(29)11-16-36(23)26-7-10-31(30(33)21-26)35-15-12-27(22-35)34-17-13-32(2,37)14-18-34/h6-7,9-11,16,20-21,27-28,37H,1,3-5,8,12-15,17-19,22H2,2H3. The molecule has 1 N–H and O–H groups in total. The van der Waals surface area contributed by atoms with Crippen LogP contribution in [0.5, 0.6) is 0 Å². The van der Waals surface area contributed by atoms with Gasteiger partial charge in [0.25, 0.3) is 0 Å². The second-order valence-corrected chi connectivity index (χ2v) is 11.8. The molecule has 0 spiro atoms. The first-order valence-corrected chi connectivity index (χ1v) is 14.3. The highest BCUT2D eigenvalue weighted by molar-refractivity contribution is 5.89. The van der Waals surface area contributed by atoms with Crippen molar-refractivity contribution in [1.29, 1.82) is 0 Å². The van der Waals surface area contributed by atoms with Gasteiger partial charge in [-0.05, 0) is 81.2 Å². The largest absolute Gasteiger partial charge is 0.390 e. The van der Waals surface area contributed by atoms with Crippen molar-refractivity contribution < 1.29 is 14.2 Å². The quantitative estimate of drug-likeness (QED) is 0.523. The molecule has 5 nitrogen and oxygen atoms in total. The molecule has 4 aliphatic heterocycles. The molecule has 6 heteroatoms. The van der Waals surface area contributed by atoms with Gasteiger partial charge in [0.15, 0.2) is 0 Å². The number of rotatable bonds is 6. The van der Waals surface area contributed by atoms with Gasteiger partial charge in [0.05, 0.1) is 17.4 Å². The second kappa shape index (κ2) is 10.5. The molecule has 0 amide bonds. The van der Waals surface area contributed by atoms with Crippen molar-refractivity contribution in [1.82, 2.24) is 4.90 Å². The zero-order valence-electron chi connectivity index (χ0n) is 22.5. The van der Waals surface area contributed by atoms with Crippen molar-refractivity contribution in [2.45, 2.75) is 69.6 Å². The van der Waals surface area contributed by atoms with Gasteiger partial charge in [0.1, 0.15) is 5.82 Å². The van der Waals surface area contributed by atoms with E-state index in [1.807, 2.05) is 30.2 Å². The minimum absolute atomic E-state index is 0.193. The third-order valence-electron chi connectivity index (χ3n) is 9.00. The van der Waals surface area contributed by atoms with E-state index in [1.54, 1.807) is 6.07 Å². The van der Waals surface area contributed by atoms with Gasteiger partial charge in [-0.3, -0.25) is 4.90 Å². The summed E-state index contributed by atoms with van der Waals surface area (Å²) < 4.78 is 21.2. The number of nitrogens with zero attached hydrogens (tertiary/aromatic N) is 3. The van der Waals surface area contributed by atoms with Gasteiger partial charge in [0, 0.05) is 68.0 Å². The normalized spacial score (nSPS) is 25.3. The number of anilines is 2. The number of benzene rings is 2. The molecule has 0 saturated carbocycles. The molecule has 2 atom stereocenters. The van der Waals surface area contributed by atoms with Crippen molar-refractivity contribution in [3.05, 3.63) is 71.7 Å². The third-order valence-corrected chi connectivity index (χ3v) is 9.00. The van der Waals surface area contributed by atoms with E-state index in [4.69, 9.17) is 4.74 Å². The summed E-state index contributed by atoms with van der Waals surface area (Å²) in [7, 11) is 0. The van der Waals surface area contributed by atoms with Crippen molar-refractivity contribution in [2.75, 3.05) is 42.6 Å². The van der Waals surface area contributed by atoms with Gasteiger partial charge in [-0.25, -0.2) is 4.39 Å². The first-order chi connectivity index (χ1) is 18.4. The Bertz CT molecular complexity index is 1210. The first kappa shape index (κ1) is 25.6. The maximum atomic E-state index is 15.4. The number of halogens is 1.